The SMILES string of the molecule is CC(C)=CCOc1ccc(C2CC2C(=O)NNC(=O)c2ccncc2)cc1. The van der Waals surface area contributed by atoms with E-state index in [0.717, 1.165) is 17.7 Å². The molecule has 2 atom stereocenters. The van der Waals surface area contributed by atoms with Crippen LogP contribution in [0, 0.1) is 5.92 Å². The Kier molecular flexibility index (Phi) is 5.86. The Morgan fingerprint density at radius 2 is 1.81 bits per heavy atom. The summed E-state index contributed by atoms with van der Waals surface area (Å²) < 4.78 is 5.65. The van der Waals surface area contributed by atoms with E-state index in [1.807, 2.05) is 44.2 Å². The van der Waals surface area contributed by atoms with Gasteiger partial charge in [-0.3, -0.25) is 25.4 Å². The molecule has 2 aromatic rings. The van der Waals surface area contributed by atoms with Gasteiger partial charge in [0.2, 0.25) is 5.91 Å². The number of nitrogens with one attached hydrogen (secondary N) is 2. The second-order valence-corrected chi connectivity index (χ2v) is 6.79. The third kappa shape index (κ3) is 5.17. The Morgan fingerprint density at radius 1 is 1.11 bits per heavy atom. The van der Waals surface area contributed by atoms with Gasteiger partial charge in [-0.25, -0.2) is 0 Å². The van der Waals surface area contributed by atoms with E-state index in [-0.39, 0.29) is 23.7 Å². The lowest BCUT2D eigenvalue weighted by Gasteiger charge is -2.08. The first-order valence-corrected chi connectivity index (χ1v) is 8.91. The maximum atomic E-state index is 12.2. The minimum atomic E-state index is -0.360. The lowest BCUT2D eigenvalue weighted by Crippen LogP contribution is -2.42. The molecule has 0 saturated heterocycles. The maximum Gasteiger partial charge on any atom is 0.269 e. The Hall–Kier alpha value is -3.15. The van der Waals surface area contributed by atoms with Crippen LogP contribution in [0.2, 0.25) is 0 Å². The fourth-order valence-electron chi connectivity index (χ4n) is 2.76. The minimum absolute atomic E-state index is 0.125. The Bertz CT molecular complexity index is 828. The monoisotopic (exact) mass is 365 g/mol. The lowest BCUT2D eigenvalue weighted by atomic mass is 10.1. The number of pyridine rings is 1. The third-order valence-electron chi connectivity index (χ3n) is 4.42. The van der Waals surface area contributed by atoms with Gasteiger partial charge in [-0.05, 0) is 62.1 Å². The van der Waals surface area contributed by atoms with E-state index in [1.165, 1.54) is 18.0 Å². The first kappa shape index (κ1) is 18.6. The van der Waals surface area contributed by atoms with Crippen LogP contribution in [0.1, 0.15) is 42.1 Å². The van der Waals surface area contributed by atoms with Crippen LogP contribution in [0.3, 0.4) is 0 Å². The van der Waals surface area contributed by atoms with Crippen molar-refractivity contribution in [3.8, 4) is 5.75 Å². The number of aromatic nitrogens is 1. The Labute approximate surface area is 158 Å². The van der Waals surface area contributed by atoms with E-state index in [9.17, 15) is 9.59 Å². The predicted octanol–water partition coefficient (Wildman–Crippen LogP) is 2.99. The number of rotatable bonds is 6. The van der Waals surface area contributed by atoms with Crippen molar-refractivity contribution in [2.45, 2.75) is 26.2 Å². The molecule has 1 saturated carbocycles. The van der Waals surface area contributed by atoms with Gasteiger partial charge in [-0.15, -0.1) is 0 Å². The van der Waals surface area contributed by atoms with Crippen LogP contribution in [-0.2, 0) is 4.79 Å². The van der Waals surface area contributed by atoms with Crippen LogP contribution in [-0.4, -0.2) is 23.4 Å². The summed E-state index contributed by atoms with van der Waals surface area (Å²) in [7, 11) is 0. The van der Waals surface area contributed by atoms with Crippen LogP contribution in [0.5, 0.6) is 5.75 Å². The first-order valence-electron chi connectivity index (χ1n) is 8.91. The van der Waals surface area contributed by atoms with E-state index in [4.69, 9.17) is 4.74 Å². The number of carbonyl (C=O) groups excluding carboxylic acids is 2. The van der Waals surface area contributed by atoms with Crippen LogP contribution < -0.4 is 15.6 Å². The van der Waals surface area contributed by atoms with E-state index < -0.39 is 0 Å². The topological polar surface area (TPSA) is 80.3 Å². The number of hydrogen-bond acceptors (Lipinski definition) is 4. The van der Waals surface area contributed by atoms with Crippen molar-refractivity contribution in [1.29, 1.82) is 0 Å². The molecule has 0 bridgehead atoms. The van der Waals surface area contributed by atoms with Gasteiger partial charge >= 0.3 is 0 Å². The molecular formula is C21H23N3O3. The summed E-state index contributed by atoms with van der Waals surface area (Å²) in [6, 6.07) is 11.0. The summed E-state index contributed by atoms with van der Waals surface area (Å²) in [6.07, 6.45) is 5.85. The molecule has 1 aliphatic rings. The van der Waals surface area contributed by atoms with Crippen molar-refractivity contribution in [2.24, 2.45) is 5.92 Å². The first-order chi connectivity index (χ1) is 13.0. The molecule has 0 aliphatic heterocycles. The van der Waals surface area contributed by atoms with Gasteiger partial charge in [0.05, 0.1) is 0 Å². The van der Waals surface area contributed by atoms with Gasteiger partial charge in [-0.2, -0.15) is 0 Å². The van der Waals surface area contributed by atoms with Gasteiger partial charge in [0, 0.05) is 23.9 Å². The van der Waals surface area contributed by atoms with Crippen molar-refractivity contribution in [3.63, 3.8) is 0 Å². The normalized spacial score (nSPS) is 17.6. The molecule has 3 rings (SSSR count). The summed E-state index contributed by atoms with van der Waals surface area (Å²) in [4.78, 5) is 28.0. The Balaban J connectivity index is 1.46. The lowest BCUT2D eigenvalue weighted by molar-refractivity contribution is -0.123. The molecule has 6 heteroatoms. The number of nitrogens with zero attached hydrogens (tertiary/aromatic N) is 1. The number of allylic oxidation sites excluding steroid dienone is 1. The summed E-state index contributed by atoms with van der Waals surface area (Å²) in [5.41, 5.74) is 7.71. The number of carbonyl (C=O) groups is 2. The molecule has 140 valence electrons. The molecule has 0 spiro atoms. The highest BCUT2D eigenvalue weighted by Crippen LogP contribution is 2.47. The summed E-state index contributed by atoms with van der Waals surface area (Å²) in [5.74, 6) is 0.324. The number of ether oxygens (including phenoxy) is 1. The minimum Gasteiger partial charge on any atom is -0.490 e. The molecular weight excluding hydrogens is 342 g/mol. The van der Waals surface area contributed by atoms with Crippen LogP contribution in [0.4, 0.5) is 0 Å². The summed E-state index contributed by atoms with van der Waals surface area (Å²) in [6.45, 7) is 4.61. The number of hydrazine groups is 1. The molecule has 1 fully saturated rings. The number of hydrogen-bond donors (Lipinski definition) is 2. The molecule has 2 amide bonds. The van der Waals surface area contributed by atoms with Crippen molar-refractivity contribution < 1.29 is 14.3 Å². The number of amides is 2. The fourth-order valence-corrected chi connectivity index (χ4v) is 2.76. The molecule has 0 radical (unpaired) electrons. The molecule has 27 heavy (non-hydrogen) atoms. The highest BCUT2D eigenvalue weighted by Gasteiger charge is 2.44. The number of benzene rings is 1. The Morgan fingerprint density at radius 3 is 2.48 bits per heavy atom. The molecule has 1 heterocycles. The van der Waals surface area contributed by atoms with Gasteiger partial charge < -0.3 is 4.74 Å². The standard InChI is InChI=1S/C21H23N3O3/c1-14(2)9-12-27-17-5-3-15(4-6-17)18-13-19(18)21(26)24-23-20(25)16-7-10-22-11-8-16/h3-11,18-19H,12-13H2,1-2H3,(H,23,25)(H,24,26). The molecule has 1 aliphatic carbocycles. The second kappa shape index (κ2) is 8.49. The fraction of sp³-hybridized carbons (Fsp3) is 0.286. The van der Waals surface area contributed by atoms with Gasteiger partial charge in [0.25, 0.3) is 5.91 Å². The quantitative estimate of drug-likeness (QED) is 0.609. The van der Waals surface area contributed by atoms with Gasteiger partial charge in [0.15, 0.2) is 0 Å². The van der Waals surface area contributed by atoms with Crippen LogP contribution >= 0.6 is 0 Å². The third-order valence-corrected chi connectivity index (χ3v) is 4.42. The van der Waals surface area contributed by atoms with Crippen molar-refractivity contribution >= 4 is 11.8 Å². The zero-order valence-corrected chi connectivity index (χ0v) is 15.4. The molecule has 6 nitrogen and oxygen atoms in total. The van der Waals surface area contributed by atoms with Crippen molar-refractivity contribution in [1.82, 2.24) is 15.8 Å². The largest absolute Gasteiger partial charge is 0.490 e. The average molecular weight is 365 g/mol. The maximum absolute atomic E-state index is 12.2. The van der Waals surface area contributed by atoms with E-state index in [0.29, 0.717) is 12.2 Å². The summed E-state index contributed by atoms with van der Waals surface area (Å²) in [5, 5.41) is 0. The van der Waals surface area contributed by atoms with Crippen LogP contribution in [0.25, 0.3) is 0 Å². The van der Waals surface area contributed by atoms with Crippen molar-refractivity contribution in [3.05, 3.63) is 71.6 Å². The second-order valence-electron chi connectivity index (χ2n) is 6.79. The highest BCUT2D eigenvalue weighted by molar-refractivity contribution is 5.95. The predicted molar refractivity (Wildman–Crippen MR) is 102 cm³/mol. The average Bonchev–Trinajstić information content (AvgIpc) is 3.48. The highest BCUT2D eigenvalue weighted by atomic mass is 16.5. The van der Waals surface area contributed by atoms with Crippen molar-refractivity contribution in [2.75, 3.05) is 6.61 Å². The van der Waals surface area contributed by atoms with Gasteiger partial charge in [-0.1, -0.05) is 17.7 Å². The smallest absolute Gasteiger partial charge is 0.269 e. The van der Waals surface area contributed by atoms with E-state index >= 15 is 0 Å². The van der Waals surface area contributed by atoms with E-state index in [1.54, 1.807) is 12.1 Å². The summed E-state index contributed by atoms with van der Waals surface area (Å²) >= 11 is 0. The zero-order chi connectivity index (χ0) is 19.2. The van der Waals surface area contributed by atoms with E-state index in [2.05, 4.69) is 15.8 Å². The molecule has 2 unspecified atom stereocenters. The van der Waals surface area contributed by atoms with Crippen LogP contribution in [0.15, 0.2) is 60.4 Å². The zero-order valence-electron chi connectivity index (χ0n) is 15.4. The molecule has 1 aromatic carbocycles. The van der Waals surface area contributed by atoms with Gasteiger partial charge in [0.1, 0.15) is 12.4 Å². The molecule has 1 aromatic heterocycles. The molecule has 2 N–H and O–H groups in total.